The van der Waals surface area contributed by atoms with Crippen molar-refractivity contribution in [1.29, 1.82) is 0 Å². The van der Waals surface area contributed by atoms with Gasteiger partial charge in [-0.2, -0.15) is 0 Å². The zero-order chi connectivity index (χ0) is 21.0. The number of rotatable bonds is 12. The third-order valence-corrected chi connectivity index (χ3v) is 5.43. The summed E-state index contributed by atoms with van der Waals surface area (Å²) < 4.78 is 43.8. The van der Waals surface area contributed by atoms with E-state index in [1.807, 2.05) is 20.8 Å². The fraction of sp³-hybridized carbons (Fsp3) is 0.632. The number of nitrogens with one attached hydrogen (secondary N) is 2. The number of sulfonamides is 1. The van der Waals surface area contributed by atoms with Gasteiger partial charge < -0.3 is 15.4 Å². The standard InChI is InChI=1S/C19H33FN4O3S/c1-5-17(27-18-11-8-10-16(20)14-18)15-23-19(21-6-2)22-12-9-13-24(7-3)28(4,25)26/h8,10-11,14,17H,5-7,9,12-13,15H2,1-4H3,(H2,21,22,23). The Morgan fingerprint density at radius 1 is 1.29 bits per heavy atom. The number of hydrogen-bond donors (Lipinski definition) is 2. The van der Waals surface area contributed by atoms with Crippen LogP contribution in [0.25, 0.3) is 0 Å². The topological polar surface area (TPSA) is 83.0 Å². The van der Waals surface area contributed by atoms with E-state index < -0.39 is 10.0 Å². The number of hydrogen-bond acceptors (Lipinski definition) is 4. The molecule has 1 aromatic rings. The molecule has 1 atom stereocenters. The first-order valence-corrected chi connectivity index (χ1v) is 11.5. The fourth-order valence-corrected chi connectivity index (χ4v) is 3.47. The number of nitrogens with zero attached hydrogens (tertiary/aromatic N) is 2. The van der Waals surface area contributed by atoms with Crippen LogP contribution in [0.3, 0.4) is 0 Å². The van der Waals surface area contributed by atoms with Crippen molar-refractivity contribution in [2.45, 2.75) is 39.7 Å². The van der Waals surface area contributed by atoms with Crippen molar-refractivity contribution in [2.75, 3.05) is 39.0 Å². The Bertz CT molecular complexity index is 713. The van der Waals surface area contributed by atoms with Crippen LogP contribution >= 0.6 is 0 Å². The van der Waals surface area contributed by atoms with Gasteiger partial charge in [0, 0.05) is 32.2 Å². The number of guanidine groups is 1. The van der Waals surface area contributed by atoms with E-state index in [2.05, 4.69) is 15.6 Å². The van der Waals surface area contributed by atoms with E-state index in [4.69, 9.17) is 4.74 Å². The van der Waals surface area contributed by atoms with Crippen LogP contribution in [0.1, 0.15) is 33.6 Å². The van der Waals surface area contributed by atoms with E-state index >= 15 is 0 Å². The van der Waals surface area contributed by atoms with E-state index in [1.165, 1.54) is 22.7 Å². The van der Waals surface area contributed by atoms with Crippen molar-refractivity contribution in [3.05, 3.63) is 30.1 Å². The number of aliphatic imine (C=N–C) groups is 1. The first-order chi connectivity index (χ1) is 13.3. The fourth-order valence-electron chi connectivity index (χ4n) is 2.54. The molecule has 0 aromatic heterocycles. The molecule has 0 radical (unpaired) electrons. The maximum atomic E-state index is 13.3. The van der Waals surface area contributed by atoms with Gasteiger partial charge in [-0.05, 0) is 31.9 Å². The molecule has 0 fully saturated rings. The zero-order valence-corrected chi connectivity index (χ0v) is 18.1. The molecule has 0 aliphatic heterocycles. The quantitative estimate of drug-likeness (QED) is 0.310. The smallest absolute Gasteiger partial charge is 0.211 e. The predicted octanol–water partition coefficient (Wildman–Crippen LogP) is 2.21. The minimum Gasteiger partial charge on any atom is -0.488 e. The predicted molar refractivity (Wildman–Crippen MR) is 112 cm³/mol. The molecular formula is C19H33FN4O3S. The molecule has 1 aromatic carbocycles. The molecule has 0 aliphatic rings. The van der Waals surface area contributed by atoms with Gasteiger partial charge in [-0.25, -0.2) is 22.1 Å². The van der Waals surface area contributed by atoms with Crippen LogP contribution in [-0.2, 0) is 10.0 Å². The van der Waals surface area contributed by atoms with Crippen molar-refractivity contribution in [3.63, 3.8) is 0 Å². The summed E-state index contributed by atoms with van der Waals surface area (Å²) in [5.74, 6) is 0.799. The van der Waals surface area contributed by atoms with Crippen molar-refractivity contribution in [2.24, 2.45) is 4.99 Å². The number of ether oxygens (including phenoxy) is 1. The van der Waals surface area contributed by atoms with E-state index in [-0.39, 0.29) is 11.9 Å². The van der Waals surface area contributed by atoms with Crippen LogP contribution in [0, 0.1) is 5.82 Å². The lowest BCUT2D eigenvalue weighted by molar-refractivity contribution is 0.205. The average molecular weight is 417 g/mol. The van der Waals surface area contributed by atoms with Gasteiger partial charge in [0.2, 0.25) is 10.0 Å². The van der Waals surface area contributed by atoms with Gasteiger partial charge in [0.25, 0.3) is 0 Å². The van der Waals surface area contributed by atoms with Crippen LogP contribution in [0.2, 0.25) is 0 Å². The van der Waals surface area contributed by atoms with Gasteiger partial charge in [-0.15, -0.1) is 0 Å². The van der Waals surface area contributed by atoms with E-state index in [0.717, 1.165) is 6.42 Å². The average Bonchev–Trinajstić information content (AvgIpc) is 2.63. The summed E-state index contributed by atoms with van der Waals surface area (Å²) in [4.78, 5) is 4.53. The summed E-state index contributed by atoms with van der Waals surface area (Å²) in [6, 6.07) is 6.07. The third-order valence-electron chi connectivity index (χ3n) is 4.05. The molecule has 0 bridgehead atoms. The second kappa shape index (κ2) is 12.6. The molecule has 28 heavy (non-hydrogen) atoms. The van der Waals surface area contributed by atoms with Gasteiger partial charge >= 0.3 is 0 Å². The van der Waals surface area contributed by atoms with Gasteiger partial charge in [0.15, 0.2) is 5.96 Å². The van der Waals surface area contributed by atoms with Crippen LogP contribution in [0.4, 0.5) is 4.39 Å². The Hall–Kier alpha value is -1.87. The molecule has 1 rings (SSSR count). The molecule has 0 spiro atoms. The second-order valence-electron chi connectivity index (χ2n) is 6.36. The van der Waals surface area contributed by atoms with E-state index in [9.17, 15) is 12.8 Å². The van der Waals surface area contributed by atoms with Gasteiger partial charge in [-0.3, -0.25) is 0 Å². The largest absolute Gasteiger partial charge is 0.488 e. The van der Waals surface area contributed by atoms with Crippen molar-refractivity contribution >= 4 is 16.0 Å². The van der Waals surface area contributed by atoms with Crippen LogP contribution < -0.4 is 15.4 Å². The van der Waals surface area contributed by atoms with Crippen LogP contribution in [0.15, 0.2) is 29.3 Å². The summed E-state index contributed by atoms with van der Waals surface area (Å²) in [5.41, 5.74) is 0. The summed E-state index contributed by atoms with van der Waals surface area (Å²) in [7, 11) is -3.17. The lowest BCUT2D eigenvalue weighted by Crippen LogP contribution is -2.40. The first-order valence-electron chi connectivity index (χ1n) is 9.69. The molecule has 0 aliphatic carbocycles. The van der Waals surface area contributed by atoms with Gasteiger partial charge in [-0.1, -0.05) is 19.9 Å². The molecule has 160 valence electrons. The molecule has 9 heteroatoms. The van der Waals surface area contributed by atoms with Crippen molar-refractivity contribution < 1.29 is 17.5 Å². The molecule has 7 nitrogen and oxygen atoms in total. The lowest BCUT2D eigenvalue weighted by Gasteiger charge is -2.19. The highest BCUT2D eigenvalue weighted by Crippen LogP contribution is 2.15. The molecule has 0 heterocycles. The Kier molecular flexibility index (Phi) is 10.8. The minimum absolute atomic E-state index is 0.168. The Morgan fingerprint density at radius 2 is 2.04 bits per heavy atom. The zero-order valence-electron chi connectivity index (χ0n) is 17.2. The highest BCUT2D eigenvalue weighted by Gasteiger charge is 2.13. The normalized spacial score (nSPS) is 13.4. The van der Waals surface area contributed by atoms with Gasteiger partial charge in [0.1, 0.15) is 17.7 Å². The maximum Gasteiger partial charge on any atom is 0.211 e. The Labute approximate surface area is 168 Å². The maximum absolute atomic E-state index is 13.3. The molecule has 1 unspecified atom stereocenters. The number of benzene rings is 1. The van der Waals surface area contributed by atoms with Gasteiger partial charge in [0.05, 0.1) is 12.8 Å². The third kappa shape index (κ3) is 9.36. The van der Waals surface area contributed by atoms with Crippen LogP contribution in [-0.4, -0.2) is 63.8 Å². The summed E-state index contributed by atoms with van der Waals surface area (Å²) in [6.45, 7) is 8.43. The van der Waals surface area contributed by atoms with Crippen molar-refractivity contribution in [1.82, 2.24) is 14.9 Å². The van der Waals surface area contributed by atoms with E-state index in [0.29, 0.717) is 50.9 Å². The highest BCUT2D eigenvalue weighted by molar-refractivity contribution is 7.88. The minimum atomic E-state index is -3.17. The SMILES string of the molecule is CCNC(=NCC(CC)Oc1cccc(F)c1)NCCCN(CC)S(C)(=O)=O. The first kappa shape index (κ1) is 24.2. The molecule has 0 amide bonds. The molecule has 0 saturated heterocycles. The highest BCUT2D eigenvalue weighted by atomic mass is 32.2. The van der Waals surface area contributed by atoms with E-state index in [1.54, 1.807) is 12.1 Å². The second-order valence-corrected chi connectivity index (χ2v) is 8.34. The molecular weight excluding hydrogens is 383 g/mol. The van der Waals surface area contributed by atoms with Crippen molar-refractivity contribution in [3.8, 4) is 5.75 Å². The number of halogens is 1. The summed E-state index contributed by atoms with van der Waals surface area (Å²) in [6.07, 6.45) is 2.46. The molecule has 0 saturated carbocycles. The molecule has 2 N–H and O–H groups in total. The van der Waals surface area contributed by atoms with Crippen LogP contribution in [0.5, 0.6) is 5.75 Å². The summed E-state index contributed by atoms with van der Waals surface area (Å²) in [5, 5.41) is 6.36. The monoisotopic (exact) mass is 416 g/mol. The lowest BCUT2D eigenvalue weighted by atomic mass is 10.2. The Balaban J connectivity index is 2.55. The Morgan fingerprint density at radius 3 is 2.61 bits per heavy atom. The summed E-state index contributed by atoms with van der Waals surface area (Å²) >= 11 is 0.